The van der Waals surface area contributed by atoms with E-state index in [0.717, 1.165) is 25.7 Å². The smallest absolute Gasteiger partial charge is 0.262 e. The van der Waals surface area contributed by atoms with E-state index in [1.54, 1.807) is 22.8 Å². The predicted octanol–water partition coefficient (Wildman–Crippen LogP) is 3.29. The van der Waals surface area contributed by atoms with Crippen molar-refractivity contribution in [3.63, 3.8) is 0 Å². The van der Waals surface area contributed by atoms with Crippen molar-refractivity contribution < 1.29 is 4.79 Å². The number of hydrogen-bond donors (Lipinski definition) is 1. The lowest BCUT2D eigenvalue weighted by Crippen LogP contribution is -2.27. The van der Waals surface area contributed by atoms with Crippen molar-refractivity contribution >= 4 is 28.4 Å². The van der Waals surface area contributed by atoms with E-state index in [9.17, 15) is 9.59 Å². The Kier molecular flexibility index (Phi) is 5.19. The summed E-state index contributed by atoms with van der Waals surface area (Å²) in [5.41, 5.74) is 5.61. The maximum Gasteiger partial charge on any atom is 0.262 e. The highest BCUT2D eigenvalue weighted by Crippen LogP contribution is 2.24. The van der Waals surface area contributed by atoms with Crippen molar-refractivity contribution in [2.75, 3.05) is 0 Å². The Hall–Kier alpha value is -1.88. The summed E-state index contributed by atoms with van der Waals surface area (Å²) in [6.07, 6.45) is 3.62. The first-order valence-corrected chi connectivity index (χ1v) is 7.89. The first kappa shape index (κ1) is 16.5. The van der Waals surface area contributed by atoms with Crippen LogP contribution in [-0.4, -0.2) is 15.5 Å². The van der Waals surface area contributed by atoms with E-state index in [-0.39, 0.29) is 28.0 Å². The monoisotopic (exact) mass is 321 g/mol. The average Bonchev–Trinajstić information content (AvgIpc) is 2.47. The van der Waals surface area contributed by atoms with Gasteiger partial charge >= 0.3 is 0 Å². The summed E-state index contributed by atoms with van der Waals surface area (Å²) in [6.45, 7) is 4.14. The second-order valence-corrected chi connectivity index (χ2v) is 5.69. The molecule has 0 aliphatic rings. The number of nitrogens with zero attached hydrogens (tertiary/aromatic N) is 2. The number of fused-ring (bicyclic) bond motifs is 1. The summed E-state index contributed by atoms with van der Waals surface area (Å²) in [4.78, 5) is 28.6. The molecule has 118 valence electrons. The SMILES string of the molecule is CCCC(CCC)n1c(Cl)nc2c(C(N)=O)cccc2c1=O. The Labute approximate surface area is 134 Å². The van der Waals surface area contributed by atoms with Gasteiger partial charge in [-0.25, -0.2) is 4.98 Å². The zero-order valence-corrected chi connectivity index (χ0v) is 13.6. The lowest BCUT2D eigenvalue weighted by atomic mass is 10.1. The van der Waals surface area contributed by atoms with Crippen LogP contribution in [0.3, 0.4) is 0 Å². The van der Waals surface area contributed by atoms with Crippen LogP contribution in [0.25, 0.3) is 10.9 Å². The predicted molar refractivity (Wildman–Crippen MR) is 88.4 cm³/mol. The molecule has 0 saturated heterocycles. The first-order valence-electron chi connectivity index (χ1n) is 7.51. The fourth-order valence-electron chi connectivity index (χ4n) is 2.78. The van der Waals surface area contributed by atoms with E-state index >= 15 is 0 Å². The fraction of sp³-hybridized carbons (Fsp3) is 0.438. The molecule has 0 atom stereocenters. The topological polar surface area (TPSA) is 78.0 Å². The number of halogens is 1. The van der Waals surface area contributed by atoms with Gasteiger partial charge in [0.2, 0.25) is 5.28 Å². The fourth-order valence-corrected chi connectivity index (χ4v) is 3.08. The van der Waals surface area contributed by atoms with Crippen molar-refractivity contribution in [3.8, 4) is 0 Å². The molecule has 0 bridgehead atoms. The number of nitrogens with two attached hydrogens (primary N) is 1. The quantitative estimate of drug-likeness (QED) is 0.829. The van der Waals surface area contributed by atoms with Crippen LogP contribution in [0.4, 0.5) is 0 Å². The van der Waals surface area contributed by atoms with Gasteiger partial charge in [0.15, 0.2) is 0 Å². The van der Waals surface area contributed by atoms with Crippen LogP contribution in [0.2, 0.25) is 5.28 Å². The molecule has 1 amide bonds. The summed E-state index contributed by atoms with van der Waals surface area (Å²) in [6, 6.07) is 4.86. The van der Waals surface area contributed by atoms with E-state index < -0.39 is 5.91 Å². The van der Waals surface area contributed by atoms with Crippen LogP contribution in [0, 0.1) is 0 Å². The van der Waals surface area contributed by atoms with E-state index in [0.29, 0.717) is 5.39 Å². The highest BCUT2D eigenvalue weighted by Gasteiger charge is 2.19. The molecule has 2 aromatic rings. The summed E-state index contributed by atoms with van der Waals surface area (Å²) < 4.78 is 1.54. The van der Waals surface area contributed by atoms with Crippen LogP contribution in [0.1, 0.15) is 55.9 Å². The Morgan fingerprint density at radius 2 is 1.95 bits per heavy atom. The molecule has 5 nitrogen and oxygen atoms in total. The van der Waals surface area contributed by atoms with Gasteiger partial charge in [-0.2, -0.15) is 0 Å². The number of benzene rings is 1. The van der Waals surface area contributed by atoms with Crippen LogP contribution in [-0.2, 0) is 0 Å². The second kappa shape index (κ2) is 6.92. The van der Waals surface area contributed by atoms with Gasteiger partial charge in [0.05, 0.1) is 16.5 Å². The molecule has 1 aromatic heterocycles. The molecule has 6 heteroatoms. The summed E-state index contributed by atoms with van der Waals surface area (Å²) >= 11 is 6.25. The van der Waals surface area contributed by atoms with Gasteiger partial charge in [-0.3, -0.25) is 14.2 Å². The number of carbonyl (C=O) groups is 1. The third kappa shape index (κ3) is 2.99. The van der Waals surface area contributed by atoms with Crippen molar-refractivity contribution in [2.24, 2.45) is 5.73 Å². The number of aromatic nitrogens is 2. The molecular formula is C16H20ClN3O2. The minimum absolute atomic E-state index is 0.0177. The largest absolute Gasteiger partial charge is 0.366 e. The van der Waals surface area contributed by atoms with Gasteiger partial charge in [-0.05, 0) is 36.6 Å². The zero-order valence-electron chi connectivity index (χ0n) is 12.8. The van der Waals surface area contributed by atoms with Gasteiger partial charge in [0.1, 0.15) is 0 Å². The molecule has 1 heterocycles. The summed E-state index contributed by atoms with van der Waals surface area (Å²) in [7, 11) is 0. The highest BCUT2D eigenvalue weighted by molar-refractivity contribution is 6.29. The molecule has 0 fully saturated rings. The third-order valence-corrected chi connectivity index (χ3v) is 4.03. The Morgan fingerprint density at radius 3 is 2.50 bits per heavy atom. The number of para-hydroxylation sites is 1. The van der Waals surface area contributed by atoms with Gasteiger partial charge < -0.3 is 5.73 Å². The molecule has 0 aliphatic heterocycles. The molecule has 1 aromatic carbocycles. The molecule has 0 spiro atoms. The summed E-state index contributed by atoms with van der Waals surface area (Å²) in [5.74, 6) is -0.620. The molecule has 2 N–H and O–H groups in total. The molecule has 0 radical (unpaired) electrons. The highest BCUT2D eigenvalue weighted by atomic mass is 35.5. The second-order valence-electron chi connectivity index (χ2n) is 5.35. The average molecular weight is 322 g/mol. The molecular weight excluding hydrogens is 302 g/mol. The number of primary amides is 1. The lowest BCUT2D eigenvalue weighted by molar-refractivity contribution is 0.100. The minimum atomic E-state index is -0.620. The molecule has 0 unspecified atom stereocenters. The van der Waals surface area contributed by atoms with Crippen LogP contribution >= 0.6 is 11.6 Å². The van der Waals surface area contributed by atoms with Gasteiger partial charge in [0.25, 0.3) is 11.5 Å². The van der Waals surface area contributed by atoms with Gasteiger partial charge in [0, 0.05) is 6.04 Å². The van der Waals surface area contributed by atoms with Crippen molar-refractivity contribution in [1.82, 2.24) is 9.55 Å². The first-order chi connectivity index (χ1) is 10.5. The molecule has 2 rings (SSSR count). The van der Waals surface area contributed by atoms with Crippen LogP contribution in [0.15, 0.2) is 23.0 Å². The van der Waals surface area contributed by atoms with Crippen molar-refractivity contribution in [1.29, 1.82) is 0 Å². The van der Waals surface area contributed by atoms with Crippen molar-refractivity contribution in [3.05, 3.63) is 39.4 Å². The van der Waals surface area contributed by atoms with Crippen LogP contribution < -0.4 is 11.3 Å². The maximum atomic E-state index is 12.8. The normalized spacial score (nSPS) is 11.3. The number of hydrogen-bond acceptors (Lipinski definition) is 3. The Bertz CT molecular complexity index is 749. The van der Waals surface area contributed by atoms with Gasteiger partial charge in [-0.1, -0.05) is 32.8 Å². The molecule has 0 saturated carbocycles. The van der Waals surface area contributed by atoms with Gasteiger partial charge in [-0.15, -0.1) is 0 Å². The van der Waals surface area contributed by atoms with E-state index in [2.05, 4.69) is 18.8 Å². The zero-order chi connectivity index (χ0) is 16.3. The molecule has 0 aliphatic carbocycles. The Morgan fingerprint density at radius 1 is 1.32 bits per heavy atom. The number of carbonyl (C=O) groups excluding carboxylic acids is 1. The standard InChI is InChI=1S/C16H20ClN3O2/c1-3-6-10(7-4-2)20-15(22)12-9-5-8-11(14(18)21)13(12)19-16(20)17/h5,8-10H,3-4,6-7H2,1-2H3,(H2,18,21). The number of rotatable bonds is 6. The maximum absolute atomic E-state index is 12.8. The number of amides is 1. The lowest BCUT2D eigenvalue weighted by Gasteiger charge is -2.20. The van der Waals surface area contributed by atoms with E-state index in [1.165, 1.54) is 0 Å². The van der Waals surface area contributed by atoms with Crippen molar-refractivity contribution in [2.45, 2.75) is 45.6 Å². The van der Waals surface area contributed by atoms with E-state index in [4.69, 9.17) is 17.3 Å². The Balaban J connectivity index is 2.73. The van der Waals surface area contributed by atoms with Crippen LogP contribution in [0.5, 0.6) is 0 Å². The van der Waals surface area contributed by atoms with E-state index in [1.807, 2.05) is 0 Å². The molecule has 22 heavy (non-hydrogen) atoms. The summed E-state index contributed by atoms with van der Waals surface area (Å²) in [5, 5.41) is 0.482. The third-order valence-electron chi connectivity index (χ3n) is 3.76. The minimum Gasteiger partial charge on any atom is -0.366 e.